The largest absolute Gasteiger partial charge is 0.573 e. The van der Waals surface area contributed by atoms with Gasteiger partial charge in [0.1, 0.15) is 5.75 Å². The Labute approximate surface area is 128 Å². The van der Waals surface area contributed by atoms with Crippen LogP contribution in [0.2, 0.25) is 0 Å². The summed E-state index contributed by atoms with van der Waals surface area (Å²) in [6.45, 7) is 3.91. The second-order valence-corrected chi connectivity index (χ2v) is 6.10. The highest BCUT2D eigenvalue weighted by Gasteiger charge is 2.32. The molecule has 3 rings (SSSR count). The van der Waals surface area contributed by atoms with Crippen molar-refractivity contribution in [3.63, 3.8) is 0 Å². The van der Waals surface area contributed by atoms with Crippen molar-refractivity contribution < 1.29 is 17.9 Å². The van der Waals surface area contributed by atoms with Crippen LogP contribution in [0.4, 0.5) is 13.2 Å². The quantitative estimate of drug-likeness (QED) is 0.902. The van der Waals surface area contributed by atoms with Gasteiger partial charge in [0.05, 0.1) is 0 Å². The van der Waals surface area contributed by atoms with E-state index < -0.39 is 6.36 Å². The molecule has 0 spiro atoms. The molecule has 1 N–H and O–H groups in total. The van der Waals surface area contributed by atoms with E-state index in [1.807, 2.05) is 0 Å². The molecule has 3 nitrogen and oxygen atoms in total. The van der Waals surface area contributed by atoms with Crippen molar-refractivity contribution >= 4 is 0 Å². The predicted molar refractivity (Wildman–Crippen MR) is 77.6 cm³/mol. The maximum atomic E-state index is 12.2. The SMILES string of the molecule is FC(F)(F)Oc1ccc([C@H](CC2CC2)N2CCNCC2)cc1. The summed E-state index contributed by atoms with van der Waals surface area (Å²) in [6.07, 6.45) is -0.983. The van der Waals surface area contributed by atoms with Crippen LogP contribution in [0.3, 0.4) is 0 Å². The Hall–Kier alpha value is -1.27. The zero-order valence-corrected chi connectivity index (χ0v) is 12.4. The van der Waals surface area contributed by atoms with Crippen LogP contribution in [-0.4, -0.2) is 37.4 Å². The Morgan fingerprint density at radius 3 is 2.32 bits per heavy atom. The number of piperazine rings is 1. The molecule has 1 saturated carbocycles. The zero-order chi connectivity index (χ0) is 15.6. The summed E-state index contributed by atoms with van der Waals surface area (Å²) in [6, 6.07) is 6.69. The lowest BCUT2D eigenvalue weighted by molar-refractivity contribution is -0.274. The summed E-state index contributed by atoms with van der Waals surface area (Å²) in [5.41, 5.74) is 1.09. The molecule has 1 aromatic rings. The Kier molecular flexibility index (Phi) is 4.59. The first-order chi connectivity index (χ1) is 10.5. The first-order valence-corrected chi connectivity index (χ1v) is 7.82. The maximum absolute atomic E-state index is 12.2. The molecule has 6 heteroatoms. The van der Waals surface area contributed by atoms with Gasteiger partial charge in [-0.05, 0) is 30.0 Å². The van der Waals surface area contributed by atoms with E-state index in [0.717, 1.165) is 44.1 Å². The van der Waals surface area contributed by atoms with Crippen LogP contribution in [0.5, 0.6) is 5.75 Å². The molecule has 2 aliphatic rings. The van der Waals surface area contributed by atoms with Gasteiger partial charge < -0.3 is 10.1 Å². The van der Waals surface area contributed by atoms with Crippen LogP contribution in [-0.2, 0) is 0 Å². The summed E-state index contributed by atoms with van der Waals surface area (Å²) in [7, 11) is 0. The Morgan fingerprint density at radius 1 is 1.14 bits per heavy atom. The van der Waals surface area contributed by atoms with Crippen LogP contribution in [0, 0.1) is 5.92 Å². The van der Waals surface area contributed by atoms with E-state index in [0.29, 0.717) is 6.04 Å². The molecule has 1 atom stereocenters. The number of hydrogen-bond acceptors (Lipinski definition) is 3. The lowest BCUT2D eigenvalue weighted by Gasteiger charge is -2.35. The summed E-state index contributed by atoms with van der Waals surface area (Å²) >= 11 is 0. The molecule has 0 bridgehead atoms. The highest BCUT2D eigenvalue weighted by Crippen LogP contribution is 2.40. The number of nitrogens with zero attached hydrogens (tertiary/aromatic N) is 1. The number of nitrogens with one attached hydrogen (secondary N) is 1. The molecule has 0 radical (unpaired) electrons. The molecule has 0 unspecified atom stereocenters. The molecule has 0 amide bonds. The average Bonchev–Trinajstić information content (AvgIpc) is 3.29. The molecule has 1 aromatic carbocycles. The van der Waals surface area contributed by atoms with Crippen LogP contribution in [0.15, 0.2) is 24.3 Å². The van der Waals surface area contributed by atoms with Crippen LogP contribution in [0.1, 0.15) is 30.9 Å². The van der Waals surface area contributed by atoms with Gasteiger partial charge in [-0.2, -0.15) is 0 Å². The third kappa shape index (κ3) is 4.36. The minimum absolute atomic E-state index is 0.151. The van der Waals surface area contributed by atoms with Gasteiger partial charge >= 0.3 is 6.36 Å². The number of rotatable bonds is 5. The number of alkyl halides is 3. The molecule has 1 heterocycles. The van der Waals surface area contributed by atoms with Crippen molar-refractivity contribution in [2.24, 2.45) is 5.92 Å². The molecule has 1 aliphatic heterocycles. The first kappa shape index (κ1) is 15.6. The fourth-order valence-electron chi connectivity index (χ4n) is 3.05. The van der Waals surface area contributed by atoms with E-state index in [4.69, 9.17) is 0 Å². The first-order valence-electron chi connectivity index (χ1n) is 7.82. The molecule has 122 valence electrons. The van der Waals surface area contributed by atoms with E-state index in [2.05, 4.69) is 15.0 Å². The Bertz CT molecular complexity index is 479. The number of hydrogen-bond donors (Lipinski definition) is 1. The van der Waals surface area contributed by atoms with Gasteiger partial charge in [-0.15, -0.1) is 13.2 Å². The topological polar surface area (TPSA) is 24.5 Å². The van der Waals surface area contributed by atoms with Crippen LogP contribution < -0.4 is 10.1 Å². The molecule has 1 saturated heterocycles. The van der Waals surface area contributed by atoms with Gasteiger partial charge in [0, 0.05) is 32.2 Å². The fourth-order valence-corrected chi connectivity index (χ4v) is 3.05. The van der Waals surface area contributed by atoms with Gasteiger partial charge in [-0.25, -0.2) is 0 Å². The molecular formula is C16H21F3N2O. The minimum Gasteiger partial charge on any atom is -0.406 e. The average molecular weight is 314 g/mol. The minimum atomic E-state index is -4.63. The monoisotopic (exact) mass is 314 g/mol. The van der Waals surface area contributed by atoms with Crippen molar-refractivity contribution in [2.75, 3.05) is 26.2 Å². The van der Waals surface area contributed by atoms with E-state index in [1.54, 1.807) is 12.1 Å². The second kappa shape index (κ2) is 6.46. The lowest BCUT2D eigenvalue weighted by atomic mass is 9.98. The lowest BCUT2D eigenvalue weighted by Crippen LogP contribution is -2.45. The number of benzene rings is 1. The third-order valence-corrected chi connectivity index (χ3v) is 4.34. The van der Waals surface area contributed by atoms with Crippen molar-refractivity contribution in [1.29, 1.82) is 0 Å². The van der Waals surface area contributed by atoms with E-state index in [1.165, 1.54) is 25.0 Å². The number of ether oxygens (including phenoxy) is 1. The van der Waals surface area contributed by atoms with Crippen LogP contribution >= 0.6 is 0 Å². The summed E-state index contributed by atoms with van der Waals surface area (Å²) < 4.78 is 40.7. The summed E-state index contributed by atoms with van der Waals surface area (Å²) in [5, 5.41) is 3.34. The highest BCUT2D eigenvalue weighted by atomic mass is 19.4. The summed E-state index contributed by atoms with van der Waals surface area (Å²) in [5.74, 6) is 0.618. The van der Waals surface area contributed by atoms with Crippen molar-refractivity contribution in [3.05, 3.63) is 29.8 Å². The standard InChI is InChI=1S/C16H21F3N2O/c17-16(18,19)22-14-5-3-13(4-6-14)15(11-12-1-2-12)21-9-7-20-8-10-21/h3-6,12,15,20H,1-2,7-11H2/t15-/m0/s1. The van der Waals surface area contributed by atoms with Gasteiger partial charge in [0.25, 0.3) is 0 Å². The van der Waals surface area contributed by atoms with Crippen molar-refractivity contribution in [3.8, 4) is 5.75 Å². The van der Waals surface area contributed by atoms with Gasteiger partial charge in [0.15, 0.2) is 0 Å². The zero-order valence-electron chi connectivity index (χ0n) is 12.4. The molecular weight excluding hydrogens is 293 g/mol. The highest BCUT2D eigenvalue weighted by molar-refractivity contribution is 5.29. The van der Waals surface area contributed by atoms with Crippen molar-refractivity contribution in [2.45, 2.75) is 31.7 Å². The maximum Gasteiger partial charge on any atom is 0.573 e. The van der Waals surface area contributed by atoms with Crippen molar-refractivity contribution in [1.82, 2.24) is 10.2 Å². The van der Waals surface area contributed by atoms with E-state index in [-0.39, 0.29) is 5.75 Å². The summed E-state index contributed by atoms with van der Waals surface area (Å²) in [4.78, 5) is 2.44. The van der Waals surface area contributed by atoms with Gasteiger partial charge in [-0.1, -0.05) is 25.0 Å². The van der Waals surface area contributed by atoms with Gasteiger partial charge in [0.2, 0.25) is 0 Å². The Morgan fingerprint density at radius 2 is 1.77 bits per heavy atom. The van der Waals surface area contributed by atoms with Gasteiger partial charge in [-0.3, -0.25) is 4.90 Å². The normalized spacial score (nSPS) is 21.6. The molecule has 0 aromatic heterocycles. The third-order valence-electron chi connectivity index (χ3n) is 4.34. The molecule has 2 fully saturated rings. The van der Waals surface area contributed by atoms with Crippen LogP contribution in [0.25, 0.3) is 0 Å². The van der Waals surface area contributed by atoms with E-state index >= 15 is 0 Å². The molecule has 1 aliphatic carbocycles. The van der Waals surface area contributed by atoms with E-state index in [9.17, 15) is 13.2 Å². The second-order valence-electron chi connectivity index (χ2n) is 6.10. The Balaban J connectivity index is 1.72. The smallest absolute Gasteiger partial charge is 0.406 e. The molecule has 22 heavy (non-hydrogen) atoms. The number of halogens is 3. The predicted octanol–water partition coefficient (Wildman–Crippen LogP) is 3.33. The fraction of sp³-hybridized carbons (Fsp3) is 0.625.